The molecule has 2 amide bonds. The van der Waals surface area contributed by atoms with Gasteiger partial charge in [-0.1, -0.05) is 6.07 Å². The van der Waals surface area contributed by atoms with Crippen molar-refractivity contribution < 1.29 is 32.2 Å². The van der Waals surface area contributed by atoms with Gasteiger partial charge < -0.3 is 24.6 Å². The van der Waals surface area contributed by atoms with Gasteiger partial charge in [-0.05, 0) is 50.5 Å². The molecule has 1 aromatic carbocycles. The molecule has 1 atom stereocenters. The molecule has 1 aromatic heterocycles. The number of hydrogen-bond donors (Lipinski definition) is 1. The molecule has 1 aliphatic rings. The zero-order valence-electron chi connectivity index (χ0n) is 20.8. The van der Waals surface area contributed by atoms with E-state index >= 15 is 0 Å². The zero-order valence-corrected chi connectivity index (χ0v) is 20.8. The fraction of sp³-hybridized carbons (Fsp3) is 0.480. The Morgan fingerprint density at radius 2 is 1.92 bits per heavy atom. The van der Waals surface area contributed by atoms with E-state index in [9.17, 15) is 22.8 Å². The molecule has 1 saturated heterocycles. The number of anilines is 1. The maximum Gasteiger partial charge on any atom is 0.433 e. The topological polar surface area (TPSA) is 84.0 Å². The molecule has 0 spiro atoms. The molecule has 0 radical (unpaired) electrons. The van der Waals surface area contributed by atoms with E-state index in [0.717, 1.165) is 37.5 Å². The smallest absolute Gasteiger partial charge is 0.433 e. The Morgan fingerprint density at radius 3 is 2.56 bits per heavy atom. The Kier molecular flexibility index (Phi) is 8.44. The number of pyridine rings is 1. The molecular formula is C25H31F3N4O4. The summed E-state index contributed by atoms with van der Waals surface area (Å²) in [6.45, 7) is 5.03. The summed E-state index contributed by atoms with van der Waals surface area (Å²) >= 11 is 0. The number of carbonyl (C=O) groups is 2. The Labute approximate surface area is 208 Å². The molecule has 36 heavy (non-hydrogen) atoms. The van der Waals surface area contributed by atoms with E-state index in [1.807, 2.05) is 18.2 Å². The van der Waals surface area contributed by atoms with E-state index in [0.29, 0.717) is 12.3 Å². The molecular weight excluding hydrogens is 477 g/mol. The minimum atomic E-state index is -4.50. The standard InChI is InChI=1S/C25H31F3N4O4/c1-24(2,23(34)31(3)4)35-16-22(33)30-13-17-10-11-32(15-17)18-6-5-7-19(12-18)36-20-8-9-21(29-14-20)25(26,27)28/h5-9,12,14,17H,10-11,13,15-16H2,1-4H3,(H,30,33). The zero-order chi connectivity index (χ0) is 26.5. The summed E-state index contributed by atoms with van der Waals surface area (Å²) in [6, 6.07) is 9.39. The second-order valence-electron chi connectivity index (χ2n) is 9.38. The van der Waals surface area contributed by atoms with Crippen LogP contribution in [0.4, 0.5) is 18.9 Å². The Bertz CT molecular complexity index is 1060. The quantitative estimate of drug-likeness (QED) is 0.556. The van der Waals surface area contributed by atoms with Crippen LogP contribution in [0.5, 0.6) is 11.5 Å². The lowest BCUT2D eigenvalue weighted by atomic mass is 10.1. The molecule has 3 rings (SSSR count). The van der Waals surface area contributed by atoms with Gasteiger partial charge in [-0.3, -0.25) is 9.59 Å². The molecule has 0 bridgehead atoms. The molecule has 196 valence electrons. The highest BCUT2D eigenvalue weighted by Gasteiger charge is 2.32. The van der Waals surface area contributed by atoms with Gasteiger partial charge in [-0.25, -0.2) is 4.98 Å². The third kappa shape index (κ3) is 7.33. The largest absolute Gasteiger partial charge is 0.456 e. The highest BCUT2D eigenvalue weighted by atomic mass is 19.4. The van der Waals surface area contributed by atoms with Crippen LogP contribution in [0.3, 0.4) is 0 Å². The van der Waals surface area contributed by atoms with Crippen LogP contribution in [0.25, 0.3) is 0 Å². The second-order valence-corrected chi connectivity index (χ2v) is 9.38. The molecule has 11 heteroatoms. The van der Waals surface area contributed by atoms with Crippen molar-refractivity contribution in [2.24, 2.45) is 5.92 Å². The molecule has 1 aliphatic heterocycles. The Morgan fingerprint density at radius 1 is 1.17 bits per heavy atom. The van der Waals surface area contributed by atoms with Gasteiger partial charge >= 0.3 is 6.18 Å². The van der Waals surface area contributed by atoms with E-state index in [-0.39, 0.29) is 30.1 Å². The number of hydrogen-bond acceptors (Lipinski definition) is 6. The van der Waals surface area contributed by atoms with Gasteiger partial charge in [-0.2, -0.15) is 13.2 Å². The molecule has 0 aliphatic carbocycles. The molecule has 1 N–H and O–H groups in total. The van der Waals surface area contributed by atoms with Crippen molar-refractivity contribution in [2.75, 3.05) is 45.2 Å². The lowest BCUT2D eigenvalue weighted by Gasteiger charge is -2.27. The van der Waals surface area contributed by atoms with Crippen molar-refractivity contribution in [3.8, 4) is 11.5 Å². The van der Waals surface area contributed by atoms with Gasteiger partial charge in [0.25, 0.3) is 5.91 Å². The van der Waals surface area contributed by atoms with E-state index in [1.165, 1.54) is 11.0 Å². The van der Waals surface area contributed by atoms with E-state index in [1.54, 1.807) is 34.0 Å². The molecule has 8 nitrogen and oxygen atoms in total. The maximum absolute atomic E-state index is 12.7. The van der Waals surface area contributed by atoms with Crippen LogP contribution in [-0.4, -0.2) is 67.6 Å². The minimum absolute atomic E-state index is 0.207. The van der Waals surface area contributed by atoms with Gasteiger partial charge in [0.2, 0.25) is 5.91 Å². The minimum Gasteiger partial charge on any atom is -0.456 e. The summed E-state index contributed by atoms with van der Waals surface area (Å²) in [5.74, 6) is 0.419. The number of rotatable bonds is 9. The normalized spacial score (nSPS) is 16.1. The van der Waals surface area contributed by atoms with E-state index in [2.05, 4.69) is 15.2 Å². The average molecular weight is 509 g/mol. The van der Waals surface area contributed by atoms with E-state index in [4.69, 9.17) is 9.47 Å². The summed E-state index contributed by atoms with van der Waals surface area (Å²) in [7, 11) is 3.26. The fourth-order valence-electron chi connectivity index (χ4n) is 3.88. The predicted molar refractivity (Wildman–Crippen MR) is 128 cm³/mol. The maximum atomic E-state index is 12.7. The van der Waals surface area contributed by atoms with Crippen molar-refractivity contribution >= 4 is 17.5 Å². The SMILES string of the molecule is CN(C)C(=O)C(C)(C)OCC(=O)NCC1CCN(c2cccc(Oc3ccc(C(F)(F)F)nc3)c2)C1. The van der Waals surface area contributed by atoms with Crippen molar-refractivity contribution in [3.63, 3.8) is 0 Å². The molecule has 1 unspecified atom stereocenters. The van der Waals surface area contributed by atoms with Crippen LogP contribution >= 0.6 is 0 Å². The van der Waals surface area contributed by atoms with Gasteiger partial charge in [0, 0.05) is 45.5 Å². The lowest BCUT2D eigenvalue weighted by Crippen LogP contribution is -2.45. The number of nitrogens with one attached hydrogen (secondary N) is 1. The number of ether oxygens (including phenoxy) is 2. The molecule has 2 heterocycles. The number of amides is 2. The first-order valence-corrected chi connectivity index (χ1v) is 11.5. The number of benzene rings is 1. The van der Waals surface area contributed by atoms with Crippen LogP contribution in [0.2, 0.25) is 0 Å². The number of likely N-dealkylation sites (N-methyl/N-ethyl adjacent to an activating group) is 1. The Balaban J connectivity index is 1.48. The summed E-state index contributed by atoms with van der Waals surface area (Å²) < 4.78 is 49.3. The Hall–Kier alpha value is -3.34. The van der Waals surface area contributed by atoms with Crippen LogP contribution in [0.1, 0.15) is 26.0 Å². The number of aromatic nitrogens is 1. The second kappa shape index (κ2) is 11.2. The van der Waals surface area contributed by atoms with Crippen LogP contribution in [-0.2, 0) is 20.5 Å². The van der Waals surface area contributed by atoms with Crippen LogP contribution in [0.15, 0.2) is 42.6 Å². The summed E-state index contributed by atoms with van der Waals surface area (Å²) in [5.41, 5.74) is -1.15. The van der Waals surface area contributed by atoms with Crippen molar-refractivity contribution in [1.82, 2.24) is 15.2 Å². The first-order valence-electron chi connectivity index (χ1n) is 11.5. The number of nitrogens with zero attached hydrogens (tertiary/aromatic N) is 3. The van der Waals surface area contributed by atoms with E-state index < -0.39 is 17.5 Å². The number of carbonyl (C=O) groups excluding carboxylic acids is 2. The average Bonchev–Trinajstić information content (AvgIpc) is 3.30. The molecule has 2 aromatic rings. The van der Waals surface area contributed by atoms with Crippen molar-refractivity contribution in [2.45, 2.75) is 32.0 Å². The highest BCUT2D eigenvalue weighted by Crippen LogP contribution is 2.31. The highest BCUT2D eigenvalue weighted by molar-refractivity contribution is 5.84. The first-order chi connectivity index (χ1) is 16.8. The number of halogens is 3. The van der Waals surface area contributed by atoms with Crippen LogP contribution < -0.4 is 15.0 Å². The molecule has 1 fully saturated rings. The monoisotopic (exact) mass is 508 g/mol. The number of alkyl halides is 3. The van der Waals surface area contributed by atoms with Crippen LogP contribution in [0, 0.1) is 5.92 Å². The van der Waals surface area contributed by atoms with Gasteiger partial charge in [0.05, 0.1) is 6.20 Å². The van der Waals surface area contributed by atoms with Gasteiger partial charge in [-0.15, -0.1) is 0 Å². The summed E-state index contributed by atoms with van der Waals surface area (Å²) in [4.78, 5) is 31.3. The fourth-order valence-corrected chi connectivity index (χ4v) is 3.88. The lowest BCUT2D eigenvalue weighted by molar-refractivity contribution is -0.154. The summed E-state index contributed by atoms with van der Waals surface area (Å²) in [6.07, 6.45) is -2.58. The van der Waals surface area contributed by atoms with Gasteiger partial charge in [0.1, 0.15) is 29.4 Å². The molecule has 0 saturated carbocycles. The predicted octanol–water partition coefficient (Wildman–Crippen LogP) is 3.72. The first kappa shape index (κ1) is 27.3. The van der Waals surface area contributed by atoms with Gasteiger partial charge in [0.15, 0.2) is 0 Å². The summed E-state index contributed by atoms with van der Waals surface area (Å²) in [5, 5.41) is 2.87. The van der Waals surface area contributed by atoms with Crippen molar-refractivity contribution in [3.05, 3.63) is 48.3 Å². The third-order valence-electron chi connectivity index (χ3n) is 5.80. The van der Waals surface area contributed by atoms with Crippen molar-refractivity contribution in [1.29, 1.82) is 0 Å². The third-order valence-corrected chi connectivity index (χ3v) is 5.80.